The van der Waals surface area contributed by atoms with Gasteiger partial charge in [0.1, 0.15) is 0 Å². The minimum absolute atomic E-state index is 0.298. The van der Waals surface area contributed by atoms with Crippen LogP contribution in [0.15, 0.2) is 48.5 Å². The number of amides is 2. The van der Waals surface area contributed by atoms with E-state index in [1.165, 1.54) is 0 Å². The summed E-state index contributed by atoms with van der Waals surface area (Å²) in [6.45, 7) is 4.16. The molecule has 0 radical (unpaired) electrons. The molecule has 2 rings (SSSR count). The van der Waals surface area contributed by atoms with E-state index in [2.05, 4.69) is 24.5 Å². The lowest BCUT2D eigenvalue weighted by Gasteiger charge is -2.14. The van der Waals surface area contributed by atoms with Crippen molar-refractivity contribution in [3.63, 3.8) is 0 Å². The average Bonchev–Trinajstić information content (AvgIpc) is 2.48. The van der Waals surface area contributed by atoms with Gasteiger partial charge in [-0.05, 0) is 41.8 Å². The fourth-order valence-corrected chi connectivity index (χ4v) is 2.03. The van der Waals surface area contributed by atoms with Crippen LogP contribution in [0.4, 0.5) is 16.2 Å². The Kier molecular flexibility index (Phi) is 4.57. The highest BCUT2D eigenvalue weighted by atomic mass is 16.2. The number of hydrogen-bond donors (Lipinski definition) is 2. The Morgan fingerprint density at radius 2 is 1.71 bits per heavy atom. The number of para-hydroxylation sites is 1. The van der Waals surface area contributed by atoms with Gasteiger partial charge in [-0.25, -0.2) is 4.79 Å². The third-order valence-electron chi connectivity index (χ3n) is 3.10. The molecule has 0 aliphatic heterocycles. The molecule has 2 N–H and O–H groups in total. The van der Waals surface area contributed by atoms with Crippen molar-refractivity contribution < 1.29 is 4.79 Å². The molecule has 4 nitrogen and oxygen atoms in total. The Balaban J connectivity index is 2.06. The van der Waals surface area contributed by atoms with Gasteiger partial charge in [0.2, 0.25) is 0 Å². The minimum Gasteiger partial charge on any atom is -0.308 e. The topological polar surface area (TPSA) is 64.9 Å². The predicted molar refractivity (Wildman–Crippen MR) is 84.3 cm³/mol. The molecule has 0 aliphatic rings. The molecule has 0 atom stereocenters. The van der Waals surface area contributed by atoms with Crippen LogP contribution in [0.1, 0.15) is 30.9 Å². The second kappa shape index (κ2) is 6.58. The molecule has 0 saturated carbocycles. The van der Waals surface area contributed by atoms with Crippen molar-refractivity contribution in [2.24, 2.45) is 0 Å². The Morgan fingerprint density at radius 3 is 2.33 bits per heavy atom. The molecule has 0 unspecified atom stereocenters. The van der Waals surface area contributed by atoms with Crippen LogP contribution in [0, 0.1) is 11.3 Å². The first kappa shape index (κ1) is 14.6. The van der Waals surface area contributed by atoms with Gasteiger partial charge in [-0.3, -0.25) is 0 Å². The number of anilines is 2. The predicted octanol–water partition coefficient (Wildman–Crippen LogP) is 4.33. The van der Waals surface area contributed by atoms with E-state index in [4.69, 9.17) is 5.26 Å². The largest absolute Gasteiger partial charge is 0.323 e. The van der Waals surface area contributed by atoms with Crippen LogP contribution in [0.3, 0.4) is 0 Å². The summed E-state index contributed by atoms with van der Waals surface area (Å²) in [7, 11) is 0. The number of hydrogen-bond acceptors (Lipinski definition) is 2. The molecule has 0 heterocycles. The minimum atomic E-state index is -0.298. The maximum Gasteiger partial charge on any atom is 0.323 e. The lowest BCUT2D eigenvalue weighted by molar-refractivity contribution is 0.262. The van der Waals surface area contributed by atoms with Gasteiger partial charge in [0, 0.05) is 11.4 Å². The monoisotopic (exact) mass is 279 g/mol. The van der Waals surface area contributed by atoms with Crippen LogP contribution in [0.25, 0.3) is 0 Å². The van der Waals surface area contributed by atoms with Gasteiger partial charge in [-0.1, -0.05) is 32.0 Å². The molecule has 2 aromatic rings. The summed E-state index contributed by atoms with van der Waals surface area (Å²) in [6.07, 6.45) is 0. The molecule has 2 aromatic carbocycles. The molecule has 0 aliphatic carbocycles. The molecule has 0 aromatic heterocycles. The zero-order chi connectivity index (χ0) is 15.2. The molecule has 2 amide bonds. The summed E-state index contributed by atoms with van der Waals surface area (Å²) in [5.41, 5.74) is 3.10. The molecule has 0 bridgehead atoms. The Hall–Kier alpha value is -2.80. The quantitative estimate of drug-likeness (QED) is 0.878. The van der Waals surface area contributed by atoms with Gasteiger partial charge in [-0.2, -0.15) is 5.26 Å². The second-order valence-electron chi connectivity index (χ2n) is 5.01. The number of nitriles is 1. The van der Waals surface area contributed by atoms with Crippen LogP contribution in [-0.2, 0) is 0 Å². The number of nitrogens with zero attached hydrogens (tertiary/aromatic N) is 1. The summed E-state index contributed by atoms with van der Waals surface area (Å²) < 4.78 is 0. The second-order valence-corrected chi connectivity index (χ2v) is 5.01. The van der Waals surface area contributed by atoms with Crippen LogP contribution in [0.5, 0.6) is 0 Å². The smallest absolute Gasteiger partial charge is 0.308 e. The lowest BCUT2D eigenvalue weighted by atomic mass is 10.0. The van der Waals surface area contributed by atoms with E-state index >= 15 is 0 Å². The van der Waals surface area contributed by atoms with Crippen molar-refractivity contribution in [2.75, 3.05) is 10.6 Å². The van der Waals surface area contributed by atoms with Crippen molar-refractivity contribution >= 4 is 17.4 Å². The summed E-state index contributed by atoms with van der Waals surface area (Å²) >= 11 is 0. The number of urea groups is 1. The Labute approximate surface area is 124 Å². The highest BCUT2D eigenvalue weighted by molar-refractivity contribution is 6.00. The lowest BCUT2D eigenvalue weighted by Crippen LogP contribution is -2.20. The molecule has 0 spiro atoms. The van der Waals surface area contributed by atoms with E-state index in [1.807, 2.05) is 30.3 Å². The molecule has 4 heteroatoms. The average molecular weight is 279 g/mol. The first-order valence-corrected chi connectivity index (χ1v) is 6.77. The van der Waals surface area contributed by atoms with Crippen molar-refractivity contribution in [3.05, 3.63) is 59.7 Å². The SMILES string of the molecule is CC(C)c1ccccc1NC(=O)Nc1ccc(C#N)cc1. The van der Waals surface area contributed by atoms with Gasteiger partial charge in [0.05, 0.1) is 11.6 Å². The van der Waals surface area contributed by atoms with E-state index in [0.29, 0.717) is 17.2 Å². The number of benzene rings is 2. The van der Waals surface area contributed by atoms with Gasteiger partial charge >= 0.3 is 6.03 Å². The fourth-order valence-electron chi connectivity index (χ4n) is 2.03. The summed E-state index contributed by atoms with van der Waals surface area (Å²) in [4.78, 5) is 12.0. The molecule has 21 heavy (non-hydrogen) atoms. The highest BCUT2D eigenvalue weighted by Gasteiger charge is 2.09. The Bertz CT molecular complexity index is 669. The van der Waals surface area contributed by atoms with E-state index in [1.54, 1.807) is 24.3 Å². The number of carbonyl (C=O) groups excluding carboxylic acids is 1. The first-order chi connectivity index (χ1) is 10.1. The van der Waals surface area contributed by atoms with Crippen LogP contribution in [-0.4, -0.2) is 6.03 Å². The van der Waals surface area contributed by atoms with Crippen molar-refractivity contribution in [1.82, 2.24) is 0 Å². The molecule has 0 fully saturated rings. The van der Waals surface area contributed by atoms with Crippen molar-refractivity contribution in [1.29, 1.82) is 5.26 Å². The van der Waals surface area contributed by atoms with Crippen LogP contribution >= 0.6 is 0 Å². The van der Waals surface area contributed by atoms with Crippen molar-refractivity contribution in [2.45, 2.75) is 19.8 Å². The summed E-state index contributed by atoms with van der Waals surface area (Å²) in [5.74, 6) is 0.330. The third kappa shape index (κ3) is 3.83. The zero-order valence-corrected chi connectivity index (χ0v) is 12.1. The third-order valence-corrected chi connectivity index (χ3v) is 3.10. The number of rotatable bonds is 3. The van der Waals surface area contributed by atoms with Gasteiger partial charge in [0.15, 0.2) is 0 Å². The summed E-state index contributed by atoms with van der Waals surface area (Å²) in [6, 6.07) is 16.2. The molecule has 106 valence electrons. The summed E-state index contributed by atoms with van der Waals surface area (Å²) in [5, 5.41) is 14.3. The normalized spacial score (nSPS) is 10.0. The van der Waals surface area contributed by atoms with E-state index in [9.17, 15) is 4.79 Å². The highest BCUT2D eigenvalue weighted by Crippen LogP contribution is 2.23. The standard InChI is InChI=1S/C17H17N3O/c1-12(2)15-5-3-4-6-16(15)20-17(21)19-14-9-7-13(11-18)8-10-14/h3-10,12H,1-2H3,(H2,19,20,21). The van der Waals surface area contributed by atoms with Gasteiger partial charge < -0.3 is 10.6 Å². The van der Waals surface area contributed by atoms with E-state index < -0.39 is 0 Å². The number of nitrogens with one attached hydrogen (secondary N) is 2. The van der Waals surface area contributed by atoms with Crippen molar-refractivity contribution in [3.8, 4) is 6.07 Å². The fraction of sp³-hybridized carbons (Fsp3) is 0.176. The maximum atomic E-state index is 12.0. The van der Waals surface area contributed by atoms with Crippen LogP contribution < -0.4 is 10.6 Å². The zero-order valence-electron chi connectivity index (χ0n) is 12.1. The molecular formula is C17H17N3O. The van der Waals surface area contributed by atoms with Gasteiger partial charge in [0.25, 0.3) is 0 Å². The molecule has 0 saturated heterocycles. The van der Waals surface area contributed by atoms with E-state index in [-0.39, 0.29) is 6.03 Å². The Morgan fingerprint density at radius 1 is 1.05 bits per heavy atom. The van der Waals surface area contributed by atoms with E-state index in [0.717, 1.165) is 11.3 Å². The molecular weight excluding hydrogens is 262 g/mol. The first-order valence-electron chi connectivity index (χ1n) is 6.77. The van der Waals surface area contributed by atoms with Crippen LogP contribution in [0.2, 0.25) is 0 Å². The maximum absolute atomic E-state index is 12.0. The van der Waals surface area contributed by atoms with Gasteiger partial charge in [-0.15, -0.1) is 0 Å². The number of carbonyl (C=O) groups is 1.